The Hall–Kier alpha value is -3.32. The predicted octanol–water partition coefficient (Wildman–Crippen LogP) is 5.34. The summed E-state index contributed by atoms with van der Waals surface area (Å²) in [5.74, 6) is 2.88. The van der Waals surface area contributed by atoms with Crippen LogP contribution in [0.2, 0.25) is 0 Å². The van der Waals surface area contributed by atoms with Crippen LogP contribution in [0.5, 0.6) is 0 Å². The van der Waals surface area contributed by atoms with Crippen LogP contribution in [0.1, 0.15) is 80.8 Å². The quantitative estimate of drug-likeness (QED) is 0.342. The molecule has 3 heterocycles. The molecule has 0 spiro atoms. The highest BCUT2D eigenvalue weighted by atomic mass is 16.1. The summed E-state index contributed by atoms with van der Waals surface area (Å²) >= 11 is 0. The van der Waals surface area contributed by atoms with E-state index in [2.05, 4.69) is 59.3 Å². The number of nitrogens with zero attached hydrogens (tertiary/aromatic N) is 6. The third-order valence-electron chi connectivity index (χ3n) is 9.33. The lowest BCUT2D eigenvalue weighted by Crippen LogP contribution is -2.43. The Kier molecular flexibility index (Phi) is 5.96. The average molecular weight is 523 g/mol. The summed E-state index contributed by atoms with van der Waals surface area (Å²) < 4.78 is 3.77. The maximum absolute atomic E-state index is 14.1. The van der Waals surface area contributed by atoms with E-state index in [1.165, 1.54) is 42.4 Å². The third kappa shape index (κ3) is 4.31. The largest absolute Gasteiger partial charge is 0.320 e. The van der Waals surface area contributed by atoms with Crippen LogP contribution in [0.3, 0.4) is 0 Å². The predicted molar refractivity (Wildman–Crippen MR) is 153 cm³/mol. The number of aromatic nitrogens is 5. The Labute approximate surface area is 229 Å². The van der Waals surface area contributed by atoms with Gasteiger partial charge in [-0.2, -0.15) is 0 Å². The van der Waals surface area contributed by atoms with E-state index < -0.39 is 0 Å². The summed E-state index contributed by atoms with van der Waals surface area (Å²) in [6.45, 7) is 7.81. The van der Waals surface area contributed by atoms with E-state index in [4.69, 9.17) is 4.98 Å². The molecule has 7 heteroatoms. The van der Waals surface area contributed by atoms with Crippen LogP contribution >= 0.6 is 0 Å². The molecule has 2 aliphatic carbocycles. The Morgan fingerprint density at radius 1 is 1.03 bits per heavy atom. The molecule has 7 rings (SSSR count). The molecule has 0 unspecified atom stereocenters. The molecule has 3 fully saturated rings. The second-order valence-corrected chi connectivity index (χ2v) is 12.7. The van der Waals surface area contributed by atoms with Crippen molar-refractivity contribution in [3.8, 4) is 5.69 Å². The topological polar surface area (TPSA) is 68.8 Å². The highest BCUT2D eigenvalue weighted by Crippen LogP contribution is 2.51. The molecule has 0 N–H and O–H groups in total. The van der Waals surface area contributed by atoms with Gasteiger partial charge < -0.3 is 4.57 Å². The van der Waals surface area contributed by atoms with Crippen molar-refractivity contribution >= 4 is 10.9 Å². The lowest BCUT2D eigenvalue weighted by atomic mass is 9.58. The molecule has 2 saturated carbocycles. The van der Waals surface area contributed by atoms with Crippen LogP contribution in [-0.4, -0.2) is 42.3 Å². The van der Waals surface area contributed by atoms with Crippen LogP contribution < -0.4 is 5.56 Å². The molecule has 0 bridgehead atoms. The van der Waals surface area contributed by atoms with Crippen molar-refractivity contribution in [2.45, 2.75) is 70.3 Å². The highest BCUT2D eigenvalue weighted by Gasteiger charge is 2.48. The molecule has 3 aliphatic rings. The number of piperidine rings is 1. The number of fused-ring (bicyclic) bond motifs is 1. The summed E-state index contributed by atoms with van der Waals surface area (Å²) in [4.78, 5) is 21.5. The molecule has 1 atom stereocenters. The van der Waals surface area contributed by atoms with Gasteiger partial charge in [-0.15, -0.1) is 10.2 Å². The zero-order chi connectivity index (χ0) is 26.7. The lowest BCUT2D eigenvalue weighted by molar-refractivity contribution is 0.176. The molecule has 202 valence electrons. The first-order chi connectivity index (χ1) is 18.9. The van der Waals surface area contributed by atoms with Gasteiger partial charge in [0, 0.05) is 20.1 Å². The minimum absolute atomic E-state index is 0.0163. The third-order valence-corrected chi connectivity index (χ3v) is 9.33. The molecular formula is C32H38N6O. The SMILES string of the molecule is CC1CC(c2cccc(-n3cnc4c(C5CC5)cc(CN5CCC[C@H](C)C5)cc4c3=O)c2)(c2nncn2C)C1. The number of benzene rings is 2. The first-order valence-corrected chi connectivity index (χ1v) is 14.6. The van der Waals surface area contributed by atoms with Crippen LogP contribution in [0.15, 0.2) is 53.8 Å². The van der Waals surface area contributed by atoms with Crippen molar-refractivity contribution in [2.75, 3.05) is 13.1 Å². The van der Waals surface area contributed by atoms with E-state index >= 15 is 0 Å². The molecular weight excluding hydrogens is 484 g/mol. The molecule has 7 nitrogen and oxygen atoms in total. The molecule has 2 aromatic carbocycles. The summed E-state index contributed by atoms with van der Waals surface area (Å²) in [6.07, 6.45) is 10.5. The Balaban J connectivity index is 1.30. The van der Waals surface area contributed by atoms with E-state index in [-0.39, 0.29) is 11.0 Å². The summed E-state index contributed by atoms with van der Waals surface area (Å²) in [5.41, 5.74) is 5.27. The van der Waals surface area contributed by atoms with Gasteiger partial charge in [-0.1, -0.05) is 32.0 Å². The second-order valence-electron chi connectivity index (χ2n) is 12.7. The molecule has 4 aromatic rings. The Morgan fingerprint density at radius 3 is 2.59 bits per heavy atom. The number of rotatable bonds is 6. The number of hydrogen-bond donors (Lipinski definition) is 0. The fourth-order valence-electron chi connectivity index (χ4n) is 7.34. The van der Waals surface area contributed by atoms with Crippen molar-refractivity contribution < 1.29 is 0 Å². The zero-order valence-corrected chi connectivity index (χ0v) is 23.3. The van der Waals surface area contributed by atoms with E-state index in [0.717, 1.165) is 60.8 Å². The maximum Gasteiger partial charge on any atom is 0.265 e. The van der Waals surface area contributed by atoms with Crippen molar-refractivity contribution in [1.29, 1.82) is 0 Å². The first kappa shape index (κ1) is 24.7. The van der Waals surface area contributed by atoms with Gasteiger partial charge in [0.2, 0.25) is 0 Å². The van der Waals surface area contributed by atoms with E-state index in [9.17, 15) is 4.79 Å². The van der Waals surface area contributed by atoms with Crippen molar-refractivity contribution in [3.63, 3.8) is 0 Å². The lowest BCUT2D eigenvalue weighted by Gasteiger charge is -2.46. The van der Waals surface area contributed by atoms with Crippen molar-refractivity contribution in [3.05, 3.63) is 81.9 Å². The van der Waals surface area contributed by atoms with Gasteiger partial charge in [-0.05, 0) is 97.7 Å². The zero-order valence-electron chi connectivity index (χ0n) is 23.3. The van der Waals surface area contributed by atoms with Gasteiger partial charge in [0.15, 0.2) is 0 Å². The number of aryl methyl sites for hydroxylation is 1. The maximum atomic E-state index is 14.1. The summed E-state index contributed by atoms with van der Waals surface area (Å²) in [7, 11) is 2.02. The number of hydrogen-bond acceptors (Lipinski definition) is 5. The minimum Gasteiger partial charge on any atom is -0.320 e. The van der Waals surface area contributed by atoms with Crippen molar-refractivity contribution in [2.24, 2.45) is 18.9 Å². The normalized spacial score (nSPS) is 25.6. The molecule has 1 aliphatic heterocycles. The smallest absolute Gasteiger partial charge is 0.265 e. The van der Waals surface area contributed by atoms with E-state index in [0.29, 0.717) is 11.8 Å². The Morgan fingerprint density at radius 2 is 1.87 bits per heavy atom. The van der Waals surface area contributed by atoms with Crippen LogP contribution in [0.4, 0.5) is 0 Å². The summed E-state index contributed by atoms with van der Waals surface area (Å²) in [5, 5.41) is 9.42. The van der Waals surface area contributed by atoms with Gasteiger partial charge in [-0.3, -0.25) is 14.3 Å². The van der Waals surface area contributed by atoms with Gasteiger partial charge in [0.05, 0.1) is 22.0 Å². The van der Waals surface area contributed by atoms with Crippen molar-refractivity contribution in [1.82, 2.24) is 29.2 Å². The molecule has 1 saturated heterocycles. The molecule has 0 amide bonds. The Bertz CT molecular complexity index is 1590. The molecule has 2 aromatic heterocycles. The fourth-order valence-corrected chi connectivity index (χ4v) is 7.34. The first-order valence-electron chi connectivity index (χ1n) is 14.6. The highest BCUT2D eigenvalue weighted by molar-refractivity contribution is 5.83. The van der Waals surface area contributed by atoms with Crippen LogP contribution in [0.25, 0.3) is 16.6 Å². The van der Waals surface area contributed by atoms with Gasteiger partial charge in [0.25, 0.3) is 5.56 Å². The summed E-state index contributed by atoms with van der Waals surface area (Å²) in [6, 6.07) is 12.9. The standard InChI is InChI=1S/C32H38N6O/c1-21-6-5-11-37(17-21)18-23-12-27(24-9-10-24)29-28(13-23)30(39)38(19-33-29)26-8-4-7-25(14-26)32(15-22(2)16-32)31-35-34-20-36(31)3/h4,7-8,12-14,19-22,24H,5-6,9-11,15-18H2,1-3H3/t21-,22?,32?/m0/s1. The van der Waals surface area contributed by atoms with Gasteiger partial charge in [-0.25, -0.2) is 4.98 Å². The monoisotopic (exact) mass is 522 g/mol. The van der Waals surface area contributed by atoms with Gasteiger partial charge >= 0.3 is 0 Å². The van der Waals surface area contributed by atoms with E-state index in [1.807, 2.05) is 17.7 Å². The molecule has 39 heavy (non-hydrogen) atoms. The van der Waals surface area contributed by atoms with Crippen LogP contribution in [0, 0.1) is 11.8 Å². The number of likely N-dealkylation sites (tertiary alicyclic amines) is 1. The van der Waals surface area contributed by atoms with E-state index in [1.54, 1.807) is 17.2 Å². The minimum atomic E-state index is -0.174. The fraction of sp³-hybridized carbons (Fsp3) is 0.500. The second kappa shape index (κ2) is 9.40. The van der Waals surface area contributed by atoms with Crippen LogP contribution in [-0.2, 0) is 19.0 Å². The molecule has 0 radical (unpaired) electrons. The average Bonchev–Trinajstić information content (AvgIpc) is 3.67. The van der Waals surface area contributed by atoms with Gasteiger partial charge in [0.1, 0.15) is 18.5 Å².